The zero-order chi connectivity index (χ0) is 27.9. The summed E-state index contributed by atoms with van der Waals surface area (Å²) in [6, 6.07) is 29.3. The Morgan fingerprint density at radius 3 is 2.45 bits per heavy atom. The Balaban J connectivity index is 1.38. The van der Waals surface area contributed by atoms with E-state index in [9.17, 15) is 9.90 Å². The molecule has 0 saturated carbocycles. The van der Waals surface area contributed by atoms with Crippen molar-refractivity contribution < 1.29 is 19.4 Å². The van der Waals surface area contributed by atoms with Crippen LogP contribution in [-0.4, -0.2) is 40.6 Å². The largest absolute Gasteiger partial charge is 0.392 e. The highest BCUT2D eigenvalue weighted by Gasteiger charge is 2.38. The average molecular weight is 538 g/mol. The first-order valence-electron chi connectivity index (χ1n) is 13.5. The number of aromatic nitrogens is 1. The van der Waals surface area contributed by atoms with Gasteiger partial charge in [0.15, 0.2) is 6.29 Å². The molecule has 7 heteroatoms. The summed E-state index contributed by atoms with van der Waals surface area (Å²) < 4.78 is 13.2. The van der Waals surface area contributed by atoms with Crippen molar-refractivity contribution in [2.75, 3.05) is 18.9 Å². The summed E-state index contributed by atoms with van der Waals surface area (Å²) in [4.78, 5) is 19.0. The highest BCUT2D eigenvalue weighted by Crippen LogP contribution is 2.42. The molecule has 1 aliphatic heterocycles. The number of nitrogens with one attached hydrogen (secondary N) is 1. The molecule has 40 heavy (non-hydrogen) atoms. The zero-order valence-electron chi connectivity index (χ0n) is 22.8. The second kappa shape index (κ2) is 13.0. The number of rotatable bonds is 9. The monoisotopic (exact) mass is 537 g/mol. The van der Waals surface area contributed by atoms with E-state index in [1.165, 1.54) is 11.8 Å². The standard InChI is InChI=1S/C33H35N3O4/c1-23-30(21-36(2)20-24-8-4-3-5-9-24)39-33(40-31(23)26-15-13-25(22-37)14-16-26)27-10-6-12-29(18-27)35-32(38)28-11-7-17-34-19-28/h3-19,23,30-31,33,37H,20-22H2,1-2H3,(H,35,38)/t23-,30+,31+,33+/m1/s1. The SMILES string of the molecule is C[C@@H]1[C@H](CN(C)Cc2ccccc2)O[C@H](c2cccc(NC(=O)c3cccnc3)c2)O[C@@H]1c1ccc(CO)cc1. The van der Waals surface area contributed by atoms with Crippen molar-refractivity contribution >= 4 is 11.6 Å². The first kappa shape index (κ1) is 27.7. The number of aliphatic hydroxyl groups is 1. The molecule has 1 saturated heterocycles. The molecule has 4 aromatic rings. The lowest BCUT2D eigenvalue weighted by Gasteiger charge is -2.42. The topological polar surface area (TPSA) is 83.9 Å². The lowest BCUT2D eigenvalue weighted by molar-refractivity contribution is -0.276. The Morgan fingerprint density at radius 1 is 0.925 bits per heavy atom. The average Bonchev–Trinajstić information content (AvgIpc) is 2.99. The number of pyridine rings is 1. The van der Waals surface area contributed by atoms with Gasteiger partial charge in [-0.2, -0.15) is 0 Å². The Morgan fingerprint density at radius 2 is 1.73 bits per heavy atom. The molecule has 7 nitrogen and oxygen atoms in total. The summed E-state index contributed by atoms with van der Waals surface area (Å²) in [5.41, 5.74) is 5.10. The Bertz CT molecular complexity index is 1380. The number of anilines is 1. The molecule has 4 atom stereocenters. The summed E-state index contributed by atoms with van der Waals surface area (Å²) >= 11 is 0. The summed E-state index contributed by atoms with van der Waals surface area (Å²) in [5.74, 6) is -0.158. The van der Waals surface area contributed by atoms with Crippen LogP contribution in [0.3, 0.4) is 0 Å². The van der Waals surface area contributed by atoms with E-state index in [0.29, 0.717) is 11.3 Å². The summed E-state index contributed by atoms with van der Waals surface area (Å²) in [6.07, 6.45) is 2.23. The molecule has 0 spiro atoms. The van der Waals surface area contributed by atoms with Crippen molar-refractivity contribution in [3.05, 3.63) is 131 Å². The van der Waals surface area contributed by atoms with Crippen molar-refractivity contribution in [2.45, 2.75) is 38.6 Å². The minimum absolute atomic E-state index is 0.00243. The summed E-state index contributed by atoms with van der Waals surface area (Å²) in [6.45, 7) is 3.69. The van der Waals surface area contributed by atoms with Crippen LogP contribution in [0.2, 0.25) is 0 Å². The van der Waals surface area contributed by atoms with Gasteiger partial charge in [0.05, 0.1) is 24.4 Å². The first-order valence-corrected chi connectivity index (χ1v) is 13.5. The van der Waals surface area contributed by atoms with Crippen LogP contribution in [0.4, 0.5) is 5.69 Å². The lowest BCUT2D eigenvalue weighted by atomic mass is 9.90. The predicted molar refractivity (Wildman–Crippen MR) is 154 cm³/mol. The smallest absolute Gasteiger partial charge is 0.257 e. The number of carbonyl (C=O) groups is 1. The fourth-order valence-corrected chi connectivity index (χ4v) is 5.06. The minimum atomic E-state index is -0.621. The van der Waals surface area contributed by atoms with E-state index in [1.807, 2.05) is 54.6 Å². The van der Waals surface area contributed by atoms with E-state index in [2.05, 4.69) is 53.4 Å². The van der Waals surface area contributed by atoms with Gasteiger partial charge in [-0.1, -0.05) is 73.7 Å². The van der Waals surface area contributed by atoms with Crippen molar-refractivity contribution in [3.63, 3.8) is 0 Å². The highest BCUT2D eigenvalue weighted by atomic mass is 16.7. The maximum absolute atomic E-state index is 12.7. The third-order valence-electron chi connectivity index (χ3n) is 7.25. The molecular weight excluding hydrogens is 502 g/mol. The molecule has 0 radical (unpaired) electrons. The van der Waals surface area contributed by atoms with Crippen LogP contribution in [0.15, 0.2) is 103 Å². The van der Waals surface area contributed by atoms with Crippen LogP contribution in [0.25, 0.3) is 0 Å². The van der Waals surface area contributed by atoms with Gasteiger partial charge in [-0.3, -0.25) is 14.7 Å². The number of ether oxygens (including phenoxy) is 2. The Hall–Kier alpha value is -3.88. The molecule has 0 bridgehead atoms. The molecule has 0 aliphatic carbocycles. The maximum atomic E-state index is 12.7. The number of hydrogen-bond acceptors (Lipinski definition) is 6. The number of benzene rings is 3. The van der Waals surface area contributed by atoms with Crippen molar-refractivity contribution in [3.8, 4) is 0 Å². The molecule has 1 amide bonds. The molecule has 1 aliphatic rings. The number of likely N-dealkylation sites (N-methyl/N-ethyl adjacent to an activating group) is 1. The van der Waals surface area contributed by atoms with Gasteiger partial charge in [0, 0.05) is 42.7 Å². The van der Waals surface area contributed by atoms with Crippen LogP contribution in [0.1, 0.15) is 51.9 Å². The van der Waals surface area contributed by atoms with E-state index in [-0.39, 0.29) is 30.6 Å². The van der Waals surface area contributed by atoms with Crippen LogP contribution >= 0.6 is 0 Å². The molecule has 3 aromatic carbocycles. The van der Waals surface area contributed by atoms with Crippen LogP contribution < -0.4 is 5.32 Å². The van der Waals surface area contributed by atoms with E-state index in [4.69, 9.17) is 9.47 Å². The van der Waals surface area contributed by atoms with Crippen molar-refractivity contribution in [1.82, 2.24) is 9.88 Å². The Kier molecular flexibility index (Phi) is 8.98. The normalized spacial score (nSPS) is 20.8. The number of hydrogen-bond donors (Lipinski definition) is 2. The van der Waals surface area contributed by atoms with E-state index < -0.39 is 6.29 Å². The second-order valence-electron chi connectivity index (χ2n) is 10.3. The van der Waals surface area contributed by atoms with Gasteiger partial charge in [0.2, 0.25) is 0 Å². The quantitative estimate of drug-likeness (QED) is 0.283. The molecule has 2 heterocycles. The Labute approximate surface area is 235 Å². The van der Waals surface area contributed by atoms with Gasteiger partial charge in [-0.15, -0.1) is 0 Å². The van der Waals surface area contributed by atoms with Crippen molar-refractivity contribution in [1.29, 1.82) is 0 Å². The molecule has 206 valence electrons. The molecule has 2 N–H and O–H groups in total. The summed E-state index contributed by atoms with van der Waals surface area (Å²) in [7, 11) is 2.10. The van der Waals surface area contributed by atoms with Gasteiger partial charge in [-0.05, 0) is 48.0 Å². The molecular formula is C33H35N3O4. The van der Waals surface area contributed by atoms with Gasteiger partial charge in [0.25, 0.3) is 5.91 Å². The van der Waals surface area contributed by atoms with Crippen LogP contribution in [0.5, 0.6) is 0 Å². The minimum Gasteiger partial charge on any atom is -0.392 e. The molecule has 1 fully saturated rings. The number of nitrogens with zero attached hydrogens (tertiary/aromatic N) is 2. The first-order chi connectivity index (χ1) is 19.5. The molecule has 0 unspecified atom stereocenters. The van der Waals surface area contributed by atoms with Crippen LogP contribution in [0, 0.1) is 5.92 Å². The number of aliphatic hydroxyl groups excluding tert-OH is 1. The van der Waals surface area contributed by atoms with Gasteiger partial charge >= 0.3 is 0 Å². The third-order valence-corrected chi connectivity index (χ3v) is 7.25. The fraction of sp³-hybridized carbons (Fsp3) is 0.273. The van der Waals surface area contributed by atoms with Gasteiger partial charge in [0.1, 0.15) is 0 Å². The van der Waals surface area contributed by atoms with Crippen LogP contribution in [-0.2, 0) is 22.6 Å². The van der Waals surface area contributed by atoms with Crippen molar-refractivity contribution in [2.24, 2.45) is 5.92 Å². The van der Waals surface area contributed by atoms with E-state index in [0.717, 1.165) is 29.8 Å². The number of carbonyl (C=O) groups excluding carboxylic acids is 1. The maximum Gasteiger partial charge on any atom is 0.257 e. The van der Waals surface area contributed by atoms with Gasteiger partial charge in [-0.25, -0.2) is 0 Å². The van der Waals surface area contributed by atoms with E-state index in [1.54, 1.807) is 18.3 Å². The zero-order valence-corrected chi connectivity index (χ0v) is 22.8. The molecule has 5 rings (SSSR count). The predicted octanol–water partition coefficient (Wildman–Crippen LogP) is 5.75. The summed E-state index contributed by atoms with van der Waals surface area (Å²) in [5, 5.41) is 12.5. The lowest BCUT2D eigenvalue weighted by Crippen LogP contribution is -2.43. The highest BCUT2D eigenvalue weighted by molar-refractivity contribution is 6.04. The second-order valence-corrected chi connectivity index (χ2v) is 10.3. The number of amides is 1. The third kappa shape index (κ3) is 6.81. The van der Waals surface area contributed by atoms with Gasteiger partial charge < -0.3 is 19.9 Å². The fourth-order valence-electron chi connectivity index (χ4n) is 5.06. The molecule has 1 aromatic heterocycles. The van der Waals surface area contributed by atoms with E-state index >= 15 is 0 Å².